The molecule has 6 nitrogen and oxygen atoms in total. The lowest BCUT2D eigenvalue weighted by Gasteiger charge is -2.06. The molecule has 0 atom stereocenters. The quantitative estimate of drug-likeness (QED) is 0.309. The van der Waals surface area contributed by atoms with Crippen LogP contribution in [-0.4, -0.2) is 28.1 Å². The second-order valence-electron chi connectivity index (χ2n) is 7.18. The molecule has 0 unspecified atom stereocenters. The first-order valence-electron chi connectivity index (χ1n) is 10.9. The van der Waals surface area contributed by atoms with Crippen molar-refractivity contribution in [1.82, 2.24) is 9.71 Å². The fourth-order valence-corrected chi connectivity index (χ4v) is 3.14. The van der Waals surface area contributed by atoms with Crippen LogP contribution in [0.25, 0.3) is 0 Å². The molecule has 0 aliphatic rings. The zero-order valence-electron chi connectivity index (χ0n) is 17.5. The van der Waals surface area contributed by atoms with Crippen LogP contribution in [-0.2, 0) is 0 Å². The molecular formula is C21H40N4O2. The van der Waals surface area contributed by atoms with Gasteiger partial charge >= 0.3 is 0 Å². The van der Waals surface area contributed by atoms with Gasteiger partial charge in [0.1, 0.15) is 0 Å². The summed E-state index contributed by atoms with van der Waals surface area (Å²) in [5.74, 6) is 0.384. The molecule has 0 radical (unpaired) electrons. The van der Waals surface area contributed by atoms with Gasteiger partial charge in [0.15, 0.2) is 5.49 Å². The Morgan fingerprint density at radius 3 is 1.96 bits per heavy atom. The van der Waals surface area contributed by atoms with Gasteiger partial charge in [0.05, 0.1) is 6.61 Å². The number of hydrogen-bond donors (Lipinski definition) is 2. The lowest BCUT2D eigenvalue weighted by Crippen LogP contribution is -2.23. The number of nitrogens with zero attached hydrogens (tertiary/aromatic N) is 3. The van der Waals surface area contributed by atoms with E-state index in [-0.39, 0.29) is 5.95 Å². The van der Waals surface area contributed by atoms with E-state index in [1.807, 2.05) is 6.92 Å². The van der Waals surface area contributed by atoms with E-state index in [2.05, 4.69) is 16.9 Å². The molecule has 156 valence electrons. The van der Waals surface area contributed by atoms with Crippen LogP contribution < -0.4 is 16.0 Å². The highest BCUT2D eigenvalue weighted by atomic mass is 16.5. The zero-order valence-corrected chi connectivity index (χ0v) is 17.5. The first-order chi connectivity index (χ1) is 13.2. The van der Waals surface area contributed by atoms with Crippen molar-refractivity contribution in [3.05, 3.63) is 11.6 Å². The third-order valence-electron chi connectivity index (χ3n) is 4.74. The van der Waals surface area contributed by atoms with Gasteiger partial charge in [-0.05, 0) is 13.3 Å². The summed E-state index contributed by atoms with van der Waals surface area (Å²) in [5.41, 5.74) is 6.06. The largest absolute Gasteiger partial charge is 0.478 e. The van der Waals surface area contributed by atoms with E-state index >= 15 is 0 Å². The number of rotatable bonds is 16. The van der Waals surface area contributed by atoms with Crippen molar-refractivity contribution >= 4 is 5.95 Å². The molecule has 1 rings (SSSR count). The monoisotopic (exact) mass is 380 g/mol. The molecule has 6 heteroatoms. The summed E-state index contributed by atoms with van der Waals surface area (Å²) in [6.45, 7) is 5.32. The highest BCUT2D eigenvalue weighted by Crippen LogP contribution is 2.12. The van der Waals surface area contributed by atoms with Gasteiger partial charge in [0, 0.05) is 12.6 Å². The van der Waals surface area contributed by atoms with E-state index < -0.39 is 0 Å². The molecule has 1 aromatic rings. The molecule has 1 heterocycles. The number of ether oxygens (including phenoxy) is 1. The van der Waals surface area contributed by atoms with Crippen LogP contribution in [0.2, 0.25) is 0 Å². The summed E-state index contributed by atoms with van der Waals surface area (Å²) < 4.78 is 6.14. The molecule has 27 heavy (non-hydrogen) atoms. The van der Waals surface area contributed by atoms with Crippen molar-refractivity contribution in [1.29, 1.82) is 0 Å². The molecular weight excluding hydrogens is 340 g/mol. The third kappa shape index (κ3) is 10.9. The van der Waals surface area contributed by atoms with Crippen LogP contribution in [0.4, 0.5) is 5.95 Å². The van der Waals surface area contributed by atoms with E-state index in [0.29, 0.717) is 24.5 Å². The minimum Gasteiger partial charge on any atom is -0.478 e. The van der Waals surface area contributed by atoms with Crippen molar-refractivity contribution in [3.63, 3.8) is 0 Å². The highest BCUT2D eigenvalue weighted by Gasteiger charge is 2.03. The minimum absolute atomic E-state index is 0.00920. The molecule has 0 saturated heterocycles. The second kappa shape index (κ2) is 15.3. The molecule has 3 N–H and O–H groups in total. The number of hydrogen-bond acceptors (Lipinski definition) is 5. The highest BCUT2D eigenvalue weighted by molar-refractivity contribution is 5.21. The van der Waals surface area contributed by atoms with Crippen LogP contribution in [0.3, 0.4) is 0 Å². The molecule has 0 saturated carbocycles. The average molecular weight is 381 g/mol. The van der Waals surface area contributed by atoms with Gasteiger partial charge in [-0.15, -0.1) is 4.73 Å². The number of nitrogen functional groups attached to an aromatic ring is 1. The average Bonchev–Trinajstić information content (AvgIpc) is 2.66. The van der Waals surface area contributed by atoms with Gasteiger partial charge in [0.25, 0.3) is 0 Å². The van der Waals surface area contributed by atoms with E-state index in [4.69, 9.17) is 10.5 Å². The summed E-state index contributed by atoms with van der Waals surface area (Å²) >= 11 is 0. The van der Waals surface area contributed by atoms with E-state index in [1.54, 1.807) is 6.07 Å². The van der Waals surface area contributed by atoms with Crippen LogP contribution >= 0.6 is 0 Å². The van der Waals surface area contributed by atoms with Gasteiger partial charge in [-0.2, -0.15) is 4.98 Å². The Labute approximate surface area is 164 Å². The van der Waals surface area contributed by atoms with E-state index in [9.17, 15) is 5.21 Å². The molecule has 1 aromatic heterocycles. The van der Waals surface area contributed by atoms with Gasteiger partial charge in [0.2, 0.25) is 11.8 Å². The number of aromatic nitrogens is 2. The molecule has 0 bridgehead atoms. The first kappa shape index (κ1) is 23.3. The Morgan fingerprint density at radius 2 is 1.44 bits per heavy atom. The van der Waals surface area contributed by atoms with E-state index in [0.717, 1.165) is 11.2 Å². The smallest absolute Gasteiger partial charge is 0.239 e. The molecule has 0 spiro atoms. The summed E-state index contributed by atoms with van der Waals surface area (Å²) in [6.07, 6.45) is 17.3. The zero-order chi connectivity index (χ0) is 19.7. The molecule has 0 aromatic carbocycles. The predicted molar refractivity (Wildman–Crippen MR) is 111 cm³/mol. The van der Waals surface area contributed by atoms with Gasteiger partial charge in [-0.25, -0.2) is 0 Å². The Morgan fingerprint density at radius 1 is 0.926 bits per heavy atom. The Bertz CT molecular complexity index is 558. The Hall–Kier alpha value is -1.72. The lowest BCUT2D eigenvalue weighted by molar-refractivity contribution is 0.172. The second-order valence-corrected chi connectivity index (χ2v) is 7.18. The lowest BCUT2D eigenvalue weighted by atomic mass is 10.0. The fourth-order valence-electron chi connectivity index (χ4n) is 3.14. The van der Waals surface area contributed by atoms with Crippen LogP contribution in [0.15, 0.2) is 11.1 Å². The van der Waals surface area contributed by atoms with Crippen molar-refractivity contribution in [2.24, 2.45) is 4.99 Å². The number of nitrogens with two attached hydrogens (primary N) is 1. The normalized spacial score (nSPS) is 11.9. The van der Waals surface area contributed by atoms with Crippen LogP contribution in [0.5, 0.6) is 5.88 Å². The maximum absolute atomic E-state index is 9.87. The van der Waals surface area contributed by atoms with E-state index in [1.165, 1.54) is 77.0 Å². The van der Waals surface area contributed by atoms with Gasteiger partial charge in [-0.3, -0.25) is 4.99 Å². The summed E-state index contributed by atoms with van der Waals surface area (Å²) in [4.78, 5) is 8.36. The van der Waals surface area contributed by atoms with Gasteiger partial charge in [-0.1, -0.05) is 84.0 Å². The number of anilines is 1. The topological polar surface area (TPSA) is 85.7 Å². The summed E-state index contributed by atoms with van der Waals surface area (Å²) in [5, 5.41) is 9.87. The Kier molecular flexibility index (Phi) is 13.3. The van der Waals surface area contributed by atoms with Gasteiger partial charge < -0.3 is 15.7 Å². The SMILES string of the molecule is CCCCCCCCCCCCCCCN=c1cc(OCC)nc(N)n1O. The van der Waals surface area contributed by atoms with Crippen molar-refractivity contribution in [2.45, 2.75) is 97.3 Å². The van der Waals surface area contributed by atoms with Crippen LogP contribution in [0, 0.1) is 0 Å². The standard InChI is InChI=1S/C21H40N4O2/c1-3-5-6-7-8-9-10-11-12-13-14-15-16-17-23-19-18-20(27-4-2)24-21(22)25(19)26/h18,26H,3-17H2,1-2H3,(H2,22,24). The molecule has 0 fully saturated rings. The predicted octanol–water partition coefficient (Wildman–Crippen LogP) is 5.09. The molecule has 0 amide bonds. The number of unbranched alkanes of at least 4 members (excludes halogenated alkanes) is 12. The Balaban J connectivity index is 2.08. The maximum atomic E-state index is 9.87. The maximum Gasteiger partial charge on any atom is 0.239 e. The third-order valence-corrected chi connectivity index (χ3v) is 4.74. The fraction of sp³-hybridized carbons (Fsp3) is 0.810. The summed E-state index contributed by atoms with van der Waals surface area (Å²) in [7, 11) is 0. The van der Waals surface area contributed by atoms with Crippen molar-refractivity contribution in [3.8, 4) is 5.88 Å². The van der Waals surface area contributed by atoms with Crippen molar-refractivity contribution < 1.29 is 9.94 Å². The van der Waals surface area contributed by atoms with Crippen LogP contribution in [0.1, 0.15) is 97.3 Å². The molecule has 0 aliphatic carbocycles. The van der Waals surface area contributed by atoms with Crippen molar-refractivity contribution in [2.75, 3.05) is 18.9 Å². The molecule has 0 aliphatic heterocycles. The summed E-state index contributed by atoms with van der Waals surface area (Å²) in [6, 6.07) is 1.61. The first-order valence-corrected chi connectivity index (χ1v) is 10.9. The minimum atomic E-state index is -0.00920.